The van der Waals surface area contributed by atoms with E-state index in [0.29, 0.717) is 6.04 Å². The maximum Gasteiger partial charge on any atom is 0.137 e. The van der Waals surface area contributed by atoms with Crippen LogP contribution in [0.1, 0.15) is 24.8 Å². The average molecular weight is 216 g/mol. The van der Waals surface area contributed by atoms with Crippen LogP contribution in [0, 0.1) is 0 Å². The molecule has 2 N–H and O–H groups in total. The van der Waals surface area contributed by atoms with Gasteiger partial charge in [-0.15, -0.1) is 0 Å². The Bertz CT molecular complexity index is 409. The van der Waals surface area contributed by atoms with Gasteiger partial charge < -0.3 is 10.6 Å². The van der Waals surface area contributed by atoms with Crippen molar-refractivity contribution in [3.8, 4) is 0 Å². The maximum absolute atomic E-state index is 4.51. The Morgan fingerprint density at radius 1 is 1.38 bits per heavy atom. The fourth-order valence-corrected chi connectivity index (χ4v) is 1.85. The zero-order chi connectivity index (χ0) is 10.8. The number of amidine groups is 1. The smallest absolute Gasteiger partial charge is 0.137 e. The van der Waals surface area contributed by atoms with Crippen LogP contribution in [0.4, 0.5) is 5.82 Å². The molecule has 0 bridgehead atoms. The first-order chi connectivity index (χ1) is 7.93. The second-order valence-electron chi connectivity index (χ2n) is 4.33. The SMILES string of the molecule is c1cnc(NC2CC2)c(C2=NCCCN2)c1. The molecule has 2 heterocycles. The molecule has 4 nitrogen and oxygen atoms in total. The molecule has 0 radical (unpaired) electrons. The second-order valence-corrected chi connectivity index (χ2v) is 4.33. The van der Waals surface area contributed by atoms with Crippen LogP contribution in [0.5, 0.6) is 0 Å². The van der Waals surface area contributed by atoms with Crippen LogP contribution in [0.2, 0.25) is 0 Å². The highest BCUT2D eigenvalue weighted by Crippen LogP contribution is 2.25. The first kappa shape index (κ1) is 9.63. The molecular formula is C12H16N4. The van der Waals surface area contributed by atoms with Crippen molar-refractivity contribution in [1.82, 2.24) is 10.3 Å². The molecule has 0 spiro atoms. The molecule has 1 aromatic heterocycles. The number of nitrogens with one attached hydrogen (secondary N) is 2. The molecule has 16 heavy (non-hydrogen) atoms. The first-order valence-electron chi connectivity index (χ1n) is 5.94. The van der Waals surface area contributed by atoms with E-state index in [1.807, 2.05) is 12.3 Å². The minimum Gasteiger partial charge on any atom is -0.370 e. The number of pyridine rings is 1. The van der Waals surface area contributed by atoms with Gasteiger partial charge in [-0.1, -0.05) is 0 Å². The van der Waals surface area contributed by atoms with Crippen molar-refractivity contribution in [2.45, 2.75) is 25.3 Å². The lowest BCUT2D eigenvalue weighted by Gasteiger charge is -2.17. The molecule has 0 unspecified atom stereocenters. The number of nitrogens with zero attached hydrogens (tertiary/aromatic N) is 2. The predicted octanol–water partition coefficient (Wildman–Crippen LogP) is 1.40. The molecule has 0 atom stereocenters. The van der Waals surface area contributed by atoms with Crippen LogP contribution in [0.25, 0.3) is 0 Å². The van der Waals surface area contributed by atoms with Gasteiger partial charge in [-0.3, -0.25) is 4.99 Å². The number of hydrogen-bond acceptors (Lipinski definition) is 4. The van der Waals surface area contributed by atoms with E-state index in [2.05, 4.69) is 26.7 Å². The summed E-state index contributed by atoms with van der Waals surface area (Å²) in [6.07, 6.45) is 5.47. The number of rotatable bonds is 3. The van der Waals surface area contributed by atoms with Gasteiger partial charge in [-0.05, 0) is 31.4 Å². The van der Waals surface area contributed by atoms with E-state index in [4.69, 9.17) is 0 Å². The van der Waals surface area contributed by atoms with Crippen LogP contribution in [-0.2, 0) is 0 Å². The van der Waals surface area contributed by atoms with Gasteiger partial charge in [0.2, 0.25) is 0 Å². The molecule has 1 fully saturated rings. The lowest BCUT2D eigenvalue weighted by molar-refractivity contribution is 0.742. The topological polar surface area (TPSA) is 49.3 Å². The molecule has 1 aliphatic heterocycles. The van der Waals surface area contributed by atoms with Crippen molar-refractivity contribution >= 4 is 11.7 Å². The van der Waals surface area contributed by atoms with Crippen molar-refractivity contribution in [3.05, 3.63) is 23.9 Å². The van der Waals surface area contributed by atoms with Crippen LogP contribution >= 0.6 is 0 Å². The van der Waals surface area contributed by atoms with Crippen molar-refractivity contribution in [2.24, 2.45) is 4.99 Å². The normalized spacial score (nSPS) is 19.9. The number of anilines is 1. The summed E-state index contributed by atoms with van der Waals surface area (Å²) in [7, 11) is 0. The predicted molar refractivity (Wildman–Crippen MR) is 64.9 cm³/mol. The van der Waals surface area contributed by atoms with Crippen molar-refractivity contribution in [1.29, 1.82) is 0 Å². The van der Waals surface area contributed by atoms with Gasteiger partial charge in [0, 0.05) is 25.3 Å². The van der Waals surface area contributed by atoms with Gasteiger partial charge in [-0.25, -0.2) is 4.98 Å². The Balaban J connectivity index is 1.88. The summed E-state index contributed by atoms with van der Waals surface area (Å²) in [6, 6.07) is 4.67. The summed E-state index contributed by atoms with van der Waals surface area (Å²) in [5.74, 6) is 1.96. The lowest BCUT2D eigenvalue weighted by Crippen LogP contribution is -2.31. The fraction of sp³-hybridized carbons (Fsp3) is 0.500. The summed E-state index contributed by atoms with van der Waals surface area (Å²) in [4.78, 5) is 8.92. The molecule has 0 saturated heterocycles. The molecule has 1 aliphatic carbocycles. The van der Waals surface area contributed by atoms with E-state index in [0.717, 1.165) is 36.7 Å². The van der Waals surface area contributed by atoms with Gasteiger partial charge in [0.1, 0.15) is 11.7 Å². The standard InChI is InChI=1S/C12H16N4/c1-3-10(11-13-7-2-8-14-11)12(15-6-1)16-9-4-5-9/h1,3,6,9H,2,4-5,7-8H2,(H,13,14)(H,15,16). The quantitative estimate of drug-likeness (QED) is 0.803. The van der Waals surface area contributed by atoms with Crippen LogP contribution in [0.3, 0.4) is 0 Å². The highest BCUT2D eigenvalue weighted by atomic mass is 15.1. The van der Waals surface area contributed by atoms with E-state index >= 15 is 0 Å². The highest BCUT2D eigenvalue weighted by Gasteiger charge is 2.23. The monoisotopic (exact) mass is 216 g/mol. The molecule has 3 rings (SSSR count). The van der Waals surface area contributed by atoms with Gasteiger partial charge in [-0.2, -0.15) is 0 Å². The van der Waals surface area contributed by atoms with Crippen molar-refractivity contribution in [2.75, 3.05) is 18.4 Å². The Morgan fingerprint density at radius 3 is 3.06 bits per heavy atom. The fourth-order valence-electron chi connectivity index (χ4n) is 1.85. The minimum absolute atomic E-state index is 0.623. The molecule has 0 amide bonds. The van der Waals surface area contributed by atoms with Gasteiger partial charge in [0.25, 0.3) is 0 Å². The van der Waals surface area contributed by atoms with Crippen LogP contribution in [-0.4, -0.2) is 30.0 Å². The minimum atomic E-state index is 0.623. The van der Waals surface area contributed by atoms with E-state index in [1.165, 1.54) is 12.8 Å². The average Bonchev–Trinajstić information content (AvgIpc) is 3.15. The Labute approximate surface area is 95.2 Å². The highest BCUT2D eigenvalue weighted by molar-refractivity contribution is 6.03. The molecule has 2 aliphatic rings. The Kier molecular flexibility index (Phi) is 2.48. The third-order valence-corrected chi connectivity index (χ3v) is 2.88. The second kappa shape index (κ2) is 4.12. The maximum atomic E-state index is 4.51. The molecule has 1 aromatic rings. The van der Waals surface area contributed by atoms with E-state index < -0.39 is 0 Å². The number of aromatic nitrogens is 1. The summed E-state index contributed by atoms with van der Waals surface area (Å²) < 4.78 is 0. The third kappa shape index (κ3) is 2.01. The zero-order valence-electron chi connectivity index (χ0n) is 9.24. The zero-order valence-corrected chi connectivity index (χ0v) is 9.24. The van der Waals surface area contributed by atoms with E-state index in [1.54, 1.807) is 0 Å². The summed E-state index contributed by atoms with van der Waals surface area (Å²) in [6.45, 7) is 1.93. The molecule has 4 heteroatoms. The number of hydrogen-bond donors (Lipinski definition) is 2. The van der Waals surface area contributed by atoms with Crippen LogP contribution in [0.15, 0.2) is 23.3 Å². The summed E-state index contributed by atoms with van der Waals surface area (Å²) in [5, 5.41) is 6.79. The van der Waals surface area contributed by atoms with E-state index in [9.17, 15) is 0 Å². The van der Waals surface area contributed by atoms with Crippen molar-refractivity contribution in [3.63, 3.8) is 0 Å². The Morgan fingerprint density at radius 2 is 2.31 bits per heavy atom. The first-order valence-corrected chi connectivity index (χ1v) is 5.94. The van der Waals surface area contributed by atoms with Crippen LogP contribution < -0.4 is 10.6 Å². The summed E-state index contributed by atoms with van der Waals surface area (Å²) in [5.41, 5.74) is 1.11. The van der Waals surface area contributed by atoms with Gasteiger partial charge in [0.05, 0.1) is 5.56 Å². The molecule has 84 valence electrons. The Hall–Kier alpha value is -1.58. The molecule has 1 saturated carbocycles. The number of aliphatic imine (C=N–C) groups is 1. The van der Waals surface area contributed by atoms with E-state index in [-0.39, 0.29) is 0 Å². The largest absolute Gasteiger partial charge is 0.370 e. The van der Waals surface area contributed by atoms with Gasteiger partial charge in [0.15, 0.2) is 0 Å². The lowest BCUT2D eigenvalue weighted by atomic mass is 10.2. The molecular weight excluding hydrogens is 200 g/mol. The third-order valence-electron chi connectivity index (χ3n) is 2.88. The molecule has 0 aromatic carbocycles. The van der Waals surface area contributed by atoms with Crippen molar-refractivity contribution < 1.29 is 0 Å². The summed E-state index contributed by atoms with van der Waals surface area (Å²) >= 11 is 0. The van der Waals surface area contributed by atoms with Gasteiger partial charge >= 0.3 is 0 Å².